The molecule has 1 N–H and O–H groups in total. The van der Waals surface area contributed by atoms with Crippen molar-refractivity contribution in [2.45, 2.75) is 25.3 Å². The van der Waals surface area contributed by atoms with Gasteiger partial charge in [-0.2, -0.15) is 0 Å². The molecule has 3 rings (SSSR count). The van der Waals surface area contributed by atoms with Gasteiger partial charge in [0.25, 0.3) is 5.69 Å². The first-order chi connectivity index (χ1) is 9.75. The Balaban J connectivity index is 1.87. The SMILES string of the molecule is O=[N+]([O-])c1cccc([C@@H](C2CCC2)N2CCNCC2)c1. The van der Waals surface area contributed by atoms with Gasteiger partial charge in [-0.1, -0.05) is 18.6 Å². The van der Waals surface area contributed by atoms with Crippen LogP contribution in [0, 0.1) is 16.0 Å². The molecule has 1 heterocycles. The summed E-state index contributed by atoms with van der Waals surface area (Å²) in [5.74, 6) is 0.662. The molecule has 1 saturated heterocycles. The molecule has 2 fully saturated rings. The van der Waals surface area contributed by atoms with Crippen molar-refractivity contribution in [2.75, 3.05) is 26.2 Å². The number of rotatable bonds is 4. The lowest BCUT2D eigenvalue weighted by Crippen LogP contribution is -2.47. The van der Waals surface area contributed by atoms with Crippen molar-refractivity contribution in [3.8, 4) is 0 Å². The molecule has 1 aromatic rings. The van der Waals surface area contributed by atoms with Gasteiger partial charge in [0.15, 0.2) is 0 Å². The minimum Gasteiger partial charge on any atom is -0.314 e. The second-order valence-corrected chi connectivity index (χ2v) is 5.77. The number of hydrogen-bond donors (Lipinski definition) is 1. The Hall–Kier alpha value is -1.46. The molecular weight excluding hydrogens is 254 g/mol. The molecule has 0 radical (unpaired) electrons. The average Bonchev–Trinajstić information content (AvgIpc) is 2.43. The maximum Gasteiger partial charge on any atom is 0.269 e. The highest BCUT2D eigenvalue weighted by molar-refractivity contribution is 5.36. The van der Waals surface area contributed by atoms with Crippen LogP contribution in [0.1, 0.15) is 30.9 Å². The van der Waals surface area contributed by atoms with E-state index in [2.05, 4.69) is 16.3 Å². The molecule has 1 aliphatic carbocycles. The normalized spacial score (nSPS) is 22.2. The van der Waals surface area contributed by atoms with Gasteiger partial charge in [0.05, 0.1) is 4.92 Å². The molecule has 5 heteroatoms. The fourth-order valence-electron chi connectivity index (χ4n) is 3.32. The van der Waals surface area contributed by atoms with E-state index in [1.54, 1.807) is 12.1 Å². The minimum absolute atomic E-state index is 0.210. The number of nitro groups is 1. The predicted octanol–water partition coefficient (Wildman–Crippen LogP) is 2.34. The Labute approximate surface area is 119 Å². The first-order valence-corrected chi connectivity index (χ1v) is 7.45. The van der Waals surface area contributed by atoms with Crippen molar-refractivity contribution in [3.05, 3.63) is 39.9 Å². The average molecular weight is 275 g/mol. The lowest BCUT2D eigenvalue weighted by Gasteiger charge is -2.43. The molecule has 1 aromatic carbocycles. The smallest absolute Gasteiger partial charge is 0.269 e. The Kier molecular flexibility index (Phi) is 3.98. The highest BCUT2D eigenvalue weighted by atomic mass is 16.6. The number of hydrogen-bond acceptors (Lipinski definition) is 4. The van der Waals surface area contributed by atoms with Gasteiger partial charge < -0.3 is 5.32 Å². The lowest BCUT2D eigenvalue weighted by atomic mass is 9.76. The minimum atomic E-state index is -0.293. The Morgan fingerprint density at radius 1 is 1.30 bits per heavy atom. The van der Waals surface area contributed by atoms with Crippen molar-refractivity contribution in [3.63, 3.8) is 0 Å². The standard InChI is InChI=1S/C15H21N3O2/c19-18(20)14-6-2-5-13(11-14)15(12-3-1-4-12)17-9-7-16-8-10-17/h2,5-6,11-12,15-16H,1,3-4,7-10H2/t15-/m1/s1. The molecule has 0 unspecified atom stereocenters. The molecule has 1 aliphatic heterocycles. The van der Waals surface area contributed by atoms with Crippen LogP contribution in [0.15, 0.2) is 24.3 Å². The summed E-state index contributed by atoms with van der Waals surface area (Å²) in [6.07, 6.45) is 3.79. The molecule has 2 aliphatic rings. The van der Waals surface area contributed by atoms with Crippen LogP contribution in [0.4, 0.5) is 5.69 Å². The quantitative estimate of drug-likeness (QED) is 0.677. The Morgan fingerprint density at radius 3 is 2.65 bits per heavy atom. The van der Waals surface area contributed by atoms with Crippen molar-refractivity contribution in [1.29, 1.82) is 0 Å². The number of piperazine rings is 1. The Morgan fingerprint density at radius 2 is 2.05 bits per heavy atom. The molecule has 1 atom stereocenters. The summed E-state index contributed by atoms with van der Waals surface area (Å²) >= 11 is 0. The first kappa shape index (κ1) is 13.5. The van der Waals surface area contributed by atoms with E-state index in [0.29, 0.717) is 12.0 Å². The molecule has 1 saturated carbocycles. The van der Waals surface area contributed by atoms with Crippen molar-refractivity contribution in [1.82, 2.24) is 10.2 Å². The van der Waals surface area contributed by atoms with Crippen LogP contribution in [0.5, 0.6) is 0 Å². The largest absolute Gasteiger partial charge is 0.314 e. The van der Waals surface area contributed by atoms with Crippen LogP contribution in [-0.2, 0) is 0 Å². The zero-order chi connectivity index (χ0) is 13.9. The second-order valence-electron chi connectivity index (χ2n) is 5.77. The van der Waals surface area contributed by atoms with Gasteiger partial charge in [0, 0.05) is 44.4 Å². The van der Waals surface area contributed by atoms with E-state index in [4.69, 9.17) is 0 Å². The van der Waals surface area contributed by atoms with Crippen molar-refractivity contribution in [2.24, 2.45) is 5.92 Å². The van der Waals surface area contributed by atoms with Gasteiger partial charge in [-0.25, -0.2) is 0 Å². The van der Waals surface area contributed by atoms with E-state index in [1.165, 1.54) is 19.3 Å². The zero-order valence-corrected chi connectivity index (χ0v) is 11.6. The van der Waals surface area contributed by atoms with E-state index in [9.17, 15) is 10.1 Å². The van der Waals surface area contributed by atoms with Crippen LogP contribution in [0.2, 0.25) is 0 Å². The third-order valence-electron chi connectivity index (χ3n) is 4.56. The number of nitrogens with zero attached hydrogens (tertiary/aromatic N) is 2. The van der Waals surface area contributed by atoms with E-state index in [1.807, 2.05) is 6.07 Å². The van der Waals surface area contributed by atoms with Gasteiger partial charge in [-0.05, 0) is 24.3 Å². The highest BCUT2D eigenvalue weighted by Gasteiger charge is 2.34. The number of benzene rings is 1. The molecule has 0 amide bonds. The maximum absolute atomic E-state index is 11.0. The lowest BCUT2D eigenvalue weighted by molar-refractivity contribution is -0.385. The second kappa shape index (κ2) is 5.89. The summed E-state index contributed by atoms with van der Waals surface area (Å²) in [6, 6.07) is 7.58. The maximum atomic E-state index is 11.0. The third-order valence-corrected chi connectivity index (χ3v) is 4.56. The molecule has 5 nitrogen and oxygen atoms in total. The summed E-state index contributed by atoms with van der Waals surface area (Å²) in [5, 5.41) is 14.4. The molecule has 20 heavy (non-hydrogen) atoms. The highest BCUT2D eigenvalue weighted by Crippen LogP contribution is 2.42. The fraction of sp³-hybridized carbons (Fsp3) is 0.600. The van der Waals surface area contributed by atoms with Gasteiger partial charge >= 0.3 is 0 Å². The van der Waals surface area contributed by atoms with Crippen LogP contribution in [-0.4, -0.2) is 36.0 Å². The van der Waals surface area contributed by atoms with Crippen LogP contribution in [0.3, 0.4) is 0 Å². The van der Waals surface area contributed by atoms with Gasteiger partial charge in [0.2, 0.25) is 0 Å². The molecule has 108 valence electrons. The summed E-state index contributed by atoms with van der Waals surface area (Å²) in [4.78, 5) is 13.2. The topological polar surface area (TPSA) is 58.4 Å². The molecule has 0 bridgehead atoms. The van der Waals surface area contributed by atoms with Gasteiger partial charge in [0.1, 0.15) is 0 Å². The molecule has 0 spiro atoms. The number of nitrogens with one attached hydrogen (secondary N) is 1. The Bertz CT molecular complexity index is 482. The summed E-state index contributed by atoms with van der Waals surface area (Å²) in [5.41, 5.74) is 1.33. The first-order valence-electron chi connectivity index (χ1n) is 7.45. The summed E-state index contributed by atoms with van der Waals surface area (Å²) < 4.78 is 0. The van der Waals surface area contributed by atoms with Gasteiger partial charge in [-0.15, -0.1) is 0 Å². The number of nitro benzene ring substituents is 1. The van der Waals surface area contributed by atoms with E-state index < -0.39 is 0 Å². The van der Waals surface area contributed by atoms with E-state index >= 15 is 0 Å². The fourth-order valence-corrected chi connectivity index (χ4v) is 3.32. The predicted molar refractivity (Wildman–Crippen MR) is 77.6 cm³/mol. The third kappa shape index (κ3) is 2.69. The number of non-ortho nitro benzene ring substituents is 1. The monoisotopic (exact) mass is 275 g/mol. The van der Waals surface area contributed by atoms with Crippen LogP contribution >= 0.6 is 0 Å². The van der Waals surface area contributed by atoms with E-state index in [0.717, 1.165) is 31.7 Å². The van der Waals surface area contributed by atoms with Crippen molar-refractivity contribution < 1.29 is 4.92 Å². The van der Waals surface area contributed by atoms with E-state index in [-0.39, 0.29) is 10.6 Å². The summed E-state index contributed by atoms with van der Waals surface area (Å²) in [7, 11) is 0. The zero-order valence-electron chi connectivity index (χ0n) is 11.6. The van der Waals surface area contributed by atoms with Crippen molar-refractivity contribution >= 4 is 5.69 Å². The van der Waals surface area contributed by atoms with Gasteiger partial charge in [-0.3, -0.25) is 15.0 Å². The summed E-state index contributed by atoms with van der Waals surface area (Å²) in [6.45, 7) is 4.09. The van der Waals surface area contributed by atoms with Crippen LogP contribution < -0.4 is 5.32 Å². The molecule has 0 aromatic heterocycles. The molecular formula is C15H21N3O2. The van der Waals surface area contributed by atoms with Crippen LogP contribution in [0.25, 0.3) is 0 Å².